The number of benzene rings is 1. The maximum atomic E-state index is 3.58. The molecule has 1 N–H and O–H groups in total. The van der Waals surface area contributed by atoms with Crippen molar-refractivity contribution in [1.29, 1.82) is 0 Å². The van der Waals surface area contributed by atoms with Gasteiger partial charge in [0.15, 0.2) is 0 Å². The summed E-state index contributed by atoms with van der Waals surface area (Å²) < 4.78 is 0. The van der Waals surface area contributed by atoms with Crippen molar-refractivity contribution in [2.24, 2.45) is 0 Å². The van der Waals surface area contributed by atoms with Crippen LogP contribution < -0.4 is 5.32 Å². The van der Waals surface area contributed by atoms with E-state index in [4.69, 9.17) is 0 Å². The predicted molar refractivity (Wildman–Crippen MR) is 84.7 cm³/mol. The highest BCUT2D eigenvalue weighted by Crippen LogP contribution is 2.24. The number of nitrogens with one attached hydrogen (secondary N) is 1. The molecule has 1 rings (SSSR count). The molecular weight excluding hydrogens is 238 g/mol. The van der Waals surface area contributed by atoms with E-state index in [1.807, 2.05) is 11.8 Å². The molecule has 1 aromatic rings. The third kappa shape index (κ3) is 5.45. The average Bonchev–Trinajstić information content (AvgIpc) is 2.38. The van der Waals surface area contributed by atoms with Crippen molar-refractivity contribution in [3.8, 4) is 0 Å². The van der Waals surface area contributed by atoms with E-state index in [1.165, 1.54) is 35.5 Å². The van der Waals surface area contributed by atoms with E-state index < -0.39 is 0 Å². The first kappa shape index (κ1) is 15.6. The lowest BCUT2D eigenvalue weighted by molar-refractivity contribution is 0.568. The van der Waals surface area contributed by atoms with E-state index in [0.29, 0.717) is 5.92 Å². The molecule has 18 heavy (non-hydrogen) atoms. The van der Waals surface area contributed by atoms with Gasteiger partial charge in [0.25, 0.3) is 0 Å². The molecule has 0 fully saturated rings. The Morgan fingerprint density at radius 1 is 1.22 bits per heavy atom. The highest BCUT2D eigenvalue weighted by atomic mass is 32.2. The Kier molecular flexibility index (Phi) is 8.19. The maximum Gasteiger partial charge on any atom is 0.00205 e. The largest absolute Gasteiger partial charge is 0.316 e. The van der Waals surface area contributed by atoms with Crippen molar-refractivity contribution in [2.45, 2.75) is 39.5 Å². The highest BCUT2D eigenvalue weighted by molar-refractivity contribution is 7.99. The quantitative estimate of drug-likeness (QED) is 0.671. The lowest BCUT2D eigenvalue weighted by Crippen LogP contribution is -2.23. The highest BCUT2D eigenvalue weighted by Gasteiger charge is 2.12. The van der Waals surface area contributed by atoms with Crippen LogP contribution >= 0.6 is 11.8 Å². The van der Waals surface area contributed by atoms with E-state index >= 15 is 0 Å². The van der Waals surface area contributed by atoms with Gasteiger partial charge in [-0.1, -0.05) is 38.1 Å². The summed E-state index contributed by atoms with van der Waals surface area (Å²) in [6, 6.07) is 8.83. The summed E-state index contributed by atoms with van der Waals surface area (Å²) in [6.07, 6.45) is 2.49. The molecule has 0 spiro atoms. The molecule has 0 saturated heterocycles. The lowest BCUT2D eigenvalue weighted by atomic mass is 9.92. The van der Waals surface area contributed by atoms with Crippen LogP contribution in [0.3, 0.4) is 0 Å². The minimum atomic E-state index is 0.664. The van der Waals surface area contributed by atoms with Gasteiger partial charge in [0.2, 0.25) is 0 Å². The minimum Gasteiger partial charge on any atom is -0.316 e. The molecule has 0 aliphatic rings. The lowest BCUT2D eigenvalue weighted by Gasteiger charge is -2.20. The molecule has 0 bridgehead atoms. The van der Waals surface area contributed by atoms with E-state index in [9.17, 15) is 0 Å². The van der Waals surface area contributed by atoms with Crippen LogP contribution in [-0.4, -0.2) is 24.6 Å². The van der Waals surface area contributed by atoms with Crippen molar-refractivity contribution < 1.29 is 0 Å². The molecule has 0 saturated carbocycles. The summed E-state index contributed by atoms with van der Waals surface area (Å²) in [5.74, 6) is 3.16. The Hall–Kier alpha value is -0.470. The standard InChI is InChI=1S/C16H27NS/c1-4-11-17-13-15(10-12-18-5-2)16-9-7-6-8-14(16)3/h6-9,15,17H,4-5,10-13H2,1-3H3. The van der Waals surface area contributed by atoms with Crippen molar-refractivity contribution in [1.82, 2.24) is 5.32 Å². The molecule has 0 heterocycles. The van der Waals surface area contributed by atoms with Gasteiger partial charge in [0, 0.05) is 6.54 Å². The molecule has 1 nitrogen and oxygen atoms in total. The van der Waals surface area contributed by atoms with E-state index in [-0.39, 0.29) is 0 Å². The molecule has 102 valence electrons. The van der Waals surface area contributed by atoms with Gasteiger partial charge in [0.05, 0.1) is 0 Å². The topological polar surface area (TPSA) is 12.0 Å². The van der Waals surface area contributed by atoms with Crippen LogP contribution in [0.1, 0.15) is 43.7 Å². The Bertz CT molecular complexity index is 315. The Labute approximate surface area is 117 Å². The van der Waals surface area contributed by atoms with Crippen molar-refractivity contribution in [3.63, 3.8) is 0 Å². The average molecular weight is 265 g/mol. The summed E-state index contributed by atoms with van der Waals surface area (Å²) in [4.78, 5) is 0. The van der Waals surface area contributed by atoms with Gasteiger partial charge in [-0.05, 0) is 54.9 Å². The molecule has 2 heteroatoms. The fourth-order valence-corrected chi connectivity index (χ4v) is 2.98. The number of hydrogen-bond acceptors (Lipinski definition) is 2. The van der Waals surface area contributed by atoms with Crippen LogP contribution in [-0.2, 0) is 0 Å². The molecule has 1 aromatic carbocycles. The first-order valence-corrected chi connectivity index (χ1v) is 8.29. The van der Waals surface area contributed by atoms with Crippen LogP contribution in [0.2, 0.25) is 0 Å². The molecule has 1 atom stereocenters. The maximum absolute atomic E-state index is 3.58. The Morgan fingerprint density at radius 2 is 2.00 bits per heavy atom. The van der Waals surface area contributed by atoms with E-state index in [0.717, 1.165) is 13.1 Å². The molecule has 0 radical (unpaired) electrons. The van der Waals surface area contributed by atoms with Gasteiger partial charge in [-0.2, -0.15) is 11.8 Å². The summed E-state index contributed by atoms with van der Waals surface area (Å²) in [6.45, 7) is 8.94. The van der Waals surface area contributed by atoms with Gasteiger partial charge in [0.1, 0.15) is 0 Å². The number of rotatable bonds is 9. The van der Waals surface area contributed by atoms with E-state index in [1.54, 1.807) is 0 Å². The van der Waals surface area contributed by atoms with Crippen LogP contribution in [0.25, 0.3) is 0 Å². The van der Waals surface area contributed by atoms with Gasteiger partial charge >= 0.3 is 0 Å². The molecule has 1 unspecified atom stereocenters. The van der Waals surface area contributed by atoms with Gasteiger partial charge < -0.3 is 5.32 Å². The van der Waals surface area contributed by atoms with Crippen LogP contribution in [0.4, 0.5) is 0 Å². The van der Waals surface area contributed by atoms with Crippen molar-refractivity contribution in [2.75, 3.05) is 24.6 Å². The fourth-order valence-electron chi connectivity index (χ4n) is 2.24. The Morgan fingerprint density at radius 3 is 2.67 bits per heavy atom. The molecular formula is C16H27NS. The summed E-state index contributed by atoms with van der Waals surface area (Å²) in [5.41, 5.74) is 2.96. The van der Waals surface area contributed by atoms with Crippen LogP contribution in [0.5, 0.6) is 0 Å². The van der Waals surface area contributed by atoms with Crippen LogP contribution in [0.15, 0.2) is 24.3 Å². The first-order chi connectivity index (χ1) is 8.79. The SMILES string of the molecule is CCCNCC(CCSCC)c1ccccc1C. The summed E-state index contributed by atoms with van der Waals surface area (Å²) in [7, 11) is 0. The summed E-state index contributed by atoms with van der Waals surface area (Å²) in [5, 5.41) is 3.58. The smallest absolute Gasteiger partial charge is 0.00205 e. The van der Waals surface area contributed by atoms with Crippen molar-refractivity contribution in [3.05, 3.63) is 35.4 Å². The van der Waals surface area contributed by atoms with E-state index in [2.05, 4.69) is 50.4 Å². The Balaban J connectivity index is 2.60. The monoisotopic (exact) mass is 265 g/mol. The minimum absolute atomic E-state index is 0.664. The molecule has 0 aromatic heterocycles. The number of hydrogen-bond donors (Lipinski definition) is 1. The van der Waals surface area contributed by atoms with Crippen molar-refractivity contribution >= 4 is 11.8 Å². The van der Waals surface area contributed by atoms with Gasteiger partial charge in [-0.15, -0.1) is 0 Å². The second kappa shape index (κ2) is 9.46. The third-order valence-corrected chi connectivity index (χ3v) is 4.19. The number of thioether (sulfide) groups is 1. The third-order valence-electron chi connectivity index (χ3n) is 3.26. The normalized spacial score (nSPS) is 12.6. The van der Waals surface area contributed by atoms with Crippen LogP contribution in [0, 0.1) is 6.92 Å². The van der Waals surface area contributed by atoms with Gasteiger partial charge in [-0.25, -0.2) is 0 Å². The number of aryl methyl sites for hydroxylation is 1. The first-order valence-electron chi connectivity index (χ1n) is 7.13. The fraction of sp³-hybridized carbons (Fsp3) is 0.625. The van der Waals surface area contributed by atoms with Gasteiger partial charge in [-0.3, -0.25) is 0 Å². The summed E-state index contributed by atoms with van der Waals surface area (Å²) >= 11 is 2.05. The second-order valence-corrected chi connectivity index (χ2v) is 6.14. The zero-order chi connectivity index (χ0) is 13.2. The zero-order valence-electron chi connectivity index (χ0n) is 12.0. The molecule has 0 aliphatic carbocycles. The predicted octanol–water partition coefficient (Wildman–Crippen LogP) is 4.22. The second-order valence-electron chi connectivity index (χ2n) is 4.74. The molecule has 0 aliphatic heterocycles. The zero-order valence-corrected chi connectivity index (χ0v) is 12.9. The molecule has 0 amide bonds.